The van der Waals surface area contributed by atoms with Gasteiger partial charge in [-0.05, 0) is 22.6 Å². The minimum atomic E-state index is 0. The summed E-state index contributed by atoms with van der Waals surface area (Å²) in [6, 6.07) is 9.70. The SMILES string of the molecule is O=CC=Cc1ccccc1.[SiH4]. The van der Waals surface area contributed by atoms with Crippen LogP contribution in [0.1, 0.15) is 5.56 Å². The van der Waals surface area contributed by atoms with Crippen LogP contribution >= 0.6 is 0 Å². The molecular weight excluding hydrogens is 152 g/mol. The summed E-state index contributed by atoms with van der Waals surface area (Å²) in [7, 11) is 0. The fourth-order valence-corrected chi connectivity index (χ4v) is 0.715. The maximum Gasteiger partial charge on any atom is 0.142 e. The minimum absolute atomic E-state index is 0. The molecule has 0 amide bonds. The molecule has 58 valence electrons. The lowest BCUT2D eigenvalue weighted by molar-refractivity contribution is -0.104. The number of rotatable bonds is 2. The number of carbonyl (C=O) groups is 1. The van der Waals surface area contributed by atoms with Crippen molar-refractivity contribution in [3.8, 4) is 0 Å². The summed E-state index contributed by atoms with van der Waals surface area (Å²) in [5.74, 6) is 0. The highest BCUT2D eigenvalue weighted by Crippen LogP contribution is 1.99. The summed E-state index contributed by atoms with van der Waals surface area (Å²) in [4.78, 5) is 9.89. The molecule has 1 aromatic rings. The molecule has 0 aromatic heterocycles. The number of benzene rings is 1. The maximum atomic E-state index is 9.89. The van der Waals surface area contributed by atoms with Gasteiger partial charge in [0.2, 0.25) is 0 Å². The molecule has 0 heterocycles. The van der Waals surface area contributed by atoms with Crippen molar-refractivity contribution in [1.29, 1.82) is 0 Å². The Morgan fingerprint density at radius 1 is 1.09 bits per heavy atom. The Bertz CT molecular complexity index is 229. The molecular formula is C9H12OSi. The number of aldehydes is 1. The normalized spacial score (nSPS) is 9.09. The summed E-state index contributed by atoms with van der Waals surface area (Å²) < 4.78 is 0. The van der Waals surface area contributed by atoms with Crippen LogP contribution < -0.4 is 0 Å². The van der Waals surface area contributed by atoms with E-state index >= 15 is 0 Å². The number of carbonyl (C=O) groups excluding carboxylic acids is 1. The highest BCUT2D eigenvalue weighted by atomic mass is 28.1. The molecule has 0 bridgehead atoms. The average Bonchev–Trinajstić information content (AvgIpc) is 2.03. The second-order valence-electron chi connectivity index (χ2n) is 1.91. The highest BCUT2D eigenvalue weighted by Gasteiger charge is 1.79. The first-order valence-corrected chi connectivity index (χ1v) is 3.10. The topological polar surface area (TPSA) is 17.1 Å². The Kier molecular flexibility index (Phi) is 5.03. The smallest absolute Gasteiger partial charge is 0.142 e. The summed E-state index contributed by atoms with van der Waals surface area (Å²) in [5.41, 5.74) is 1.05. The number of hydrogen-bond donors (Lipinski definition) is 0. The first-order chi connectivity index (χ1) is 4.93. The van der Waals surface area contributed by atoms with Gasteiger partial charge in [-0.2, -0.15) is 0 Å². The van der Waals surface area contributed by atoms with Crippen molar-refractivity contribution < 1.29 is 4.79 Å². The summed E-state index contributed by atoms with van der Waals surface area (Å²) in [6.45, 7) is 0. The quantitative estimate of drug-likeness (QED) is 0.352. The van der Waals surface area contributed by atoms with Crippen LogP contribution in [0.2, 0.25) is 0 Å². The van der Waals surface area contributed by atoms with Crippen LogP contribution in [0, 0.1) is 0 Å². The zero-order valence-corrected chi connectivity index (χ0v) is 5.53. The van der Waals surface area contributed by atoms with Gasteiger partial charge in [0, 0.05) is 0 Å². The second-order valence-corrected chi connectivity index (χ2v) is 1.91. The molecule has 0 atom stereocenters. The molecule has 0 saturated carbocycles. The molecule has 1 aromatic carbocycles. The van der Waals surface area contributed by atoms with Crippen LogP contribution in [0.4, 0.5) is 0 Å². The van der Waals surface area contributed by atoms with E-state index in [1.165, 1.54) is 6.08 Å². The van der Waals surface area contributed by atoms with Crippen LogP contribution in [0.5, 0.6) is 0 Å². The van der Waals surface area contributed by atoms with Crippen LogP contribution in [0.15, 0.2) is 36.4 Å². The lowest BCUT2D eigenvalue weighted by atomic mass is 10.2. The van der Waals surface area contributed by atoms with Gasteiger partial charge in [-0.25, -0.2) is 0 Å². The molecule has 0 saturated heterocycles. The van der Waals surface area contributed by atoms with Gasteiger partial charge in [0.1, 0.15) is 6.29 Å². The lowest BCUT2D eigenvalue weighted by Gasteiger charge is -1.86. The molecule has 0 aliphatic rings. The molecule has 0 N–H and O–H groups in total. The summed E-state index contributed by atoms with van der Waals surface area (Å²) >= 11 is 0. The van der Waals surface area contributed by atoms with E-state index < -0.39 is 0 Å². The largest absolute Gasteiger partial charge is 0.299 e. The van der Waals surface area contributed by atoms with Crippen LogP contribution in [0.25, 0.3) is 6.08 Å². The maximum absolute atomic E-state index is 9.89. The number of hydrogen-bond acceptors (Lipinski definition) is 1. The fraction of sp³-hybridized carbons (Fsp3) is 0. The van der Waals surface area contributed by atoms with E-state index in [1.54, 1.807) is 6.08 Å². The van der Waals surface area contributed by atoms with E-state index in [2.05, 4.69) is 0 Å². The van der Waals surface area contributed by atoms with Crippen molar-refractivity contribution in [3.05, 3.63) is 42.0 Å². The van der Waals surface area contributed by atoms with E-state index in [9.17, 15) is 4.79 Å². The van der Waals surface area contributed by atoms with Gasteiger partial charge >= 0.3 is 0 Å². The van der Waals surface area contributed by atoms with Crippen molar-refractivity contribution in [2.45, 2.75) is 0 Å². The molecule has 0 unspecified atom stereocenters. The lowest BCUT2D eigenvalue weighted by Crippen LogP contribution is -1.67. The molecule has 0 aliphatic carbocycles. The molecule has 2 heteroatoms. The Morgan fingerprint density at radius 2 is 1.73 bits per heavy atom. The van der Waals surface area contributed by atoms with E-state index in [4.69, 9.17) is 0 Å². The third kappa shape index (κ3) is 3.53. The Labute approximate surface area is 70.8 Å². The molecule has 11 heavy (non-hydrogen) atoms. The second kappa shape index (κ2) is 5.62. The summed E-state index contributed by atoms with van der Waals surface area (Å²) in [6.07, 6.45) is 4.02. The van der Waals surface area contributed by atoms with E-state index in [1.807, 2.05) is 30.3 Å². The van der Waals surface area contributed by atoms with Crippen LogP contribution in [-0.2, 0) is 4.79 Å². The van der Waals surface area contributed by atoms with Crippen LogP contribution in [-0.4, -0.2) is 17.3 Å². The molecule has 0 fully saturated rings. The molecule has 1 nitrogen and oxygen atoms in total. The van der Waals surface area contributed by atoms with Crippen molar-refractivity contribution in [2.24, 2.45) is 0 Å². The standard InChI is InChI=1S/C9H8O.H4Si/c10-8-4-7-9-5-2-1-3-6-9;/h1-8H;1H4. The van der Waals surface area contributed by atoms with Gasteiger partial charge in [-0.1, -0.05) is 36.4 Å². The van der Waals surface area contributed by atoms with Crippen LogP contribution in [0.3, 0.4) is 0 Å². The first-order valence-electron chi connectivity index (χ1n) is 3.10. The van der Waals surface area contributed by atoms with Crippen molar-refractivity contribution >= 4 is 23.3 Å². The Balaban J connectivity index is 0.000001000. The summed E-state index contributed by atoms with van der Waals surface area (Å²) in [5, 5.41) is 0. The zero-order valence-electron chi connectivity index (χ0n) is 5.53. The molecule has 0 radical (unpaired) electrons. The van der Waals surface area contributed by atoms with Crippen molar-refractivity contribution in [2.75, 3.05) is 0 Å². The van der Waals surface area contributed by atoms with Gasteiger partial charge < -0.3 is 0 Å². The number of allylic oxidation sites excluding steroid dienone is 1. The van der Waals surface area contributed by atoms with Gasteiger partial charge in [-0.15, -0.1) is 0 Å². The van der Waals surface area contributed by atoms with E-state index in [-0.39, 0.29) is 11.0 Å². The Morgan fingerprint density at radius 3 is 2.27 bits per heavy atom. The fourth-order valence-electron chi connectivity index (χ4n) is 0.715. The van der Waals surface area contributed by atoms with Gasteiger partial charge in [0.15, 0.2) is 0 Å². The van der Waals surface area contributed by atoms with Crippen molar-refractivity contribution in [3.63, 3.8) is 0 Å². The van der Waals surface area contributed by atoms with Gasteiger partial charge in [0.05, 0.1) is 0 Å². The predicted molar refractivity (Wildman–Crippen MR) is 52.9 cm³/mol. The zero-order chi connectivity index (χ0) is 7.23. The Hall–Kier alpha value is -1.15. The third-order valence-electron chi connectivity index (χ3n) is 1.17. The van der Waals surface area contributed by atoms with Crippen molar-refractivity contribution in [1.82, 2.24) is 0 Å². The monoisotopic (exact) mass is 164 g/mol. The highest BCUT2D eigenvalue weighted by molar-refractivity contribution is 5.75. The first kappa shape index (κ1) is 9.85. The molecule has 1 rings (SSSR count). The predicted octanol–water partition coefficient (Wildman–Crippen LogP) is 0.447. The van der Waals surface area contributed by atoms with Gasteiger partial charge in [0.25, 0.3) is 0 Å². The average molecular weight is 164 g/mol. The van der Waals surface area contributed by atoms with E-state index in [0.717, 1.165) is 11.8 Å². The third-order valence-corrected chi connectivity index (χ3v) is 1.17. The van der Waals surface area contributed by atoms with Gasteiger partial charge in [-0.3, -0.25) is 4.79 Å². The molecule has 0 spiro atoms. The molecule has 0 aliphatic heterocycles. The minimum Gasteiger partial charge on any atom is -0.299 e. The van der Waals surface area contributed by atoms with E-state index in [0.29, 0.717) is 0 Å².